The van der Waals surface area contributed by atoms with Gasteiger partial charge in [-0.05, 0) is 58.0 Å². The van der Waals surface area contributed by atoms with Crippen LogP contribution >= 0.6 is 0 Å². The molecule has 0 bridgehead atoms. The number of rotatable bonds is 6. The first-order valence-electron chi connectivity index (χ1n) is 8.13. The Kier molecular flexibility index (Phi) is 4.95. The number of aromatic nitrogens is 2. The number of furan rings is 1. The van der Waals surface area contributed by atoms with Crippen LogP contribution < -0.4 is 0 Å². The van der Waals surface area contributed by atoms with E-state index in [1.165, 1.54) is 25.9 Å². The fourth-order valence-electron chi connectivity index (χ4n) is 3.26. The van der Waals surface area contributed by atoms with Crippen molar-refractivity contribution in [2.24, 2.45) is 5.92 Å². The van der Waals surface area contributed by atoms with Crippen LogP contribution in [0.1, 0.15) is 30.2 Å². The van der Waals surface area contributed by atoms with Gasteiger partial charge in [0.05, 0.1) is 13.1 Å². The first-order chi connectivity index (χ1) is 10.7. The zero-order chi connectivity index (χ0) is 15.4. The minimum Gasteiger partial charge on any atom is -0.465 e. The summed E-state index contributed by atoms with van der Waals surface area (Å²) in [5, 5.41) is 0. The van der Waals surface area contributed by atoms with Gasteiger partial charge in [0, 0.05) is 18.9 Å². The minimum absolute atomic E-state index is 0.787. The Morgan fingerprint density at radius 3 is 2.82 bits per heavy atom. The van der Waals surface area contributed by atoms with Crippen LogP contribution in [0.2, 0.25) is 0 Å². The number of imidazole rings is 1. The van der Waals surface area contributed by atoms with Gasteiger partial charge < -0.3 is 9.40 Å². The van der Waals surface area contributed by atoms with Gasteiger partial charge in [-0.2, -0.15) is 0 Å². The second kappa shape index (κ2) is 7.11. The van der Waals surface area contributed by atoms with Gasteiger partial charge in [-0.15, -0.1) is 0 Å². The Labute approximate surface area is 132 Å². The number of aryl methyl sites for hydroxylation is 1. The van der Waals surface area contributed by atoms with Crippen molar-refractivity contribution in [3.05, 3.63) is 41.9 Å². The van der Waals surface area contributed by atoms with Gasteiger partial charge in [0.1, 0.15) is 17.3 Å². The number of hydrogen-bond acceptors (Lipinski definition) is 4. The Morgan fingerprint density at radius 2 is 2.18 bits per heavy atom. The molecular weight excluding hydrogens is 276 g/mol. The SMILES string of the molecule is Cc1ccc(CN2CCC(CN(C)Cc3ncc[nH]3)CC2)o1. The van der Waals surface area contributed by atoms with Gasteiger partial charge in [-0.3, -0.25) is 9.80 Å². The van der Waals surface area contributed by atoms with E-state index in [1.807, 2.05) is 25.4 Å². The fourth-order valence-corrected chi connectivity index (χ4v) is 3.26. The summed E-state index contributed by atoms with van der Waals surface area (Å²) in [6.07, 6.45) is 6.24. The molecule has 1 saturated heterocycles. The van der Waals surface area contributed by atoms with Crippen LogP contribution in [0.4, 0.5) is 0 Å². The van der Waals surface area contributed by atoms with Crippen molar-refractivity contribution in [3.8, 4) is 0 Å². The van der Waals surface area contributed by atoms with Gasteiger partial charge >= 0.3 is 0 Å². The highest BCUT2D eigenvalue weighted by atomic mass is 16.3. The third-order valence-corrected chi connectivity index (χ3v) is 4.43. The summed E-state index contributed by atoms with van der Waals surface area (Å²) < 4.78 is 5.68. The van der Waals surface area contributed by atoms with Crippen LogP contribution in [0, 0.1) is 12.8 Å². The topological polar surface area (TPSA) is 48.3 Å². The minimum atomic E-state index is 0.787. The van der Waals surface area contributed by atoms with Crippen molar-refractivity contribution in [2.45, 2.75) is 32.9 Å². The largest absolute Gasteiger partial charge is 0.465 e. The second-order valence-electron chi connectivity index (χ2n) is 6.46. The van der Waals surface area contributed by atoms with Gasteiger partial charge in [0.25, 0.3) is 0 Å². The fraction of sp³-hybridized carbons (Fsp3) is 0.588. The molecule has 0 aliphatic carbocycles. The van der Waals surface area contributed by atoms with E-state index in [0.717, 1.165) is 42.9 Å². The summed E-state index contributed by atoms with van der Waals surface area (Å²) in [5.74, 6) is 3.93. The molecule has 5 heteroatoms. The Hall–Kier alpha value is -1.59. The first kappa shape index (κ1) is 15.3. The average molecular weight is 302 g/mol. The summed E-state index contributed by atoms with van der Waals surface area (Å²) in [6, 6.07) is 4.14. The molecule has 1 fully saturated rings. The van der Waals surface area contributed by atoms with E-state index in [4.69, 9.17) is 4.42 Å². The average Bonchev–Trinajstić information content (AvgIpc) is 3.13. The molecule has 0 unspecified atom stereocenters. The molecule has 1 N–H and O–H groups in total. The molecule has 22 heavy (non-hydrogen) atoms. The predicted octanol–water partition coefficient (Wildman–Crippen LogP) is 2.66. The molecule has 3 heterocycles. The lowest BCUT2D eigenvalue weighted by Crippen LogP contribution is -2.37. The number of nitrogens with one attached hydrogen (secondary N) is 1. The molecule has 0 saturated carbocycles. The standard InChI is InChI=1S/C17H26N4O/c1-14-3-4-16(22-14)12-21-9-5-15(6-10-21)11-20(2)13-17-18-7-8-19-17/h3-4,7-8,15H,5-6,9-13H2,1-2H3,(H,18,19). The van der Waals surface area contributed by atoms with Crippen LogP contribution in [-0.4, -0.2) is 46.4 Å². The zero-order valence-corrected chi connectivity index (χ0v) is 13.6. The number of H-pyrrole nitrogens is 1. The van der Waals surface area contributed by atoms with Gasteiger partial charge in [0.15, 0.2) is 0 Å². The molecule has 2 aromatic rings. The van der Waals surface area contributed by atoms with Crippen LogP contribution in [0.3, 0.4) is 0 Å². The lowest BCUT2D eigenvalue weighted by atomic mass is 9.96. The normalized spacial score (nSPS) is 17.4. The highest BCUT2D eigenvalue weighted by Gasteiger charge is 2.21. The number of piperidine rings is 1. The van der Waals surface area contributed by atoms with Gasteiger partial charge in [-0.1, -0.05) is 0 Å². The Bertz CT molecular complexity index is 555. The lowest BCUT2D eigenvalue weighted by molar-refractivity contribution is 0.139. The van der Waals surface area contributed by atoms with Crippen molar-refractivity contribution in [3.63, 3.8) is 0 Å². The summed E-state index contributed by atoms with van der Waals surface area (Å²) in [4.78, 5) is 12.3. The molecule has 0 amide bonds. The van der Waals surface area contributed by atoms with E-state index in [2.05, 4.69) is 32.9 Å². The predicted molar refractivity (Wildman–Crippen MR) is 86.4 cm³/mol. The summed E-state index contributed by atoms with van der Waals surface area (Å²) in [5.41, 5.74) is 0. The molecule has 0 radical (unpaired) electrons. The third kappa shape index (κ3) is 4.21. The maximum absolute atomic E-state index is 5.68. The summed E-state index contributed by atoms with van der Waals surface area (Å²) >= 11 is 0. The number of hydrogen-bond donors (Lipinski definition) is 1. The number of aromatic amines is 1. The number of nitrogens with zero attached hydrogens (tertiary/aromatic N) is 3. The molecule has 3 rings (SSSR count). The monoisotopic (exact) mass is 302 g/mol. The maximum Gasteiger partial charge on any atom is 0.120 e. The molecule has 2 aromatic heterocycles. The van der Waals surface area contributed by atoms with E-state index < -0.39 is 0 Å². The van der Waals surface area contributed by atoms with E-state index >= 15 is 0 Å². The van der Waals surface area contributed by atoms with Crippen molar-refractivity contribution >= 4 is 0 Å². The van der Waals surface area contributed by atoms with E-state index in [9.17, 15) is 0 Å². The quantitative estimate of drug-likeness (QED) is 0.891. The van der Waals surface area contributed by atoms with Crippen LogP contribution in [0.5, 0.6) is 0 Å². The maximum atomic E-state index is 5.68. The molecular formula is C17H26N4O. The molecule has 0 aromatic carbocycles. The molecule has 0 atom stereocenters. The van der Waals surface area contributed by atoms with Gasteiger partial charge in [0.2, 0.25) is 0 Å². The highest BCUT2D eigenvalue weighted by molar-refractivity contribution is 5.05. The van der Waals surface area contributed by atoms with Crippen molar-refractivity contribution in [1.29, 1.82) is 0 Å². The van der Waals surface area contributed by atoms with Crippen molar-refractivity contribution < 1.29 is 4.42 Å². The Balaban J connectivity index is 1.39. The summed E-state index contributed by atoms with van der Waals surface area (Å²) in [6.45, 7) is 7.33. The van der Waals surface area contributed by atoms with Crippen LogP contribution in [0.25, 0.3) is 0 Å². The molecule has 0 spiro atoms. The Morgan fingerprint density at radius 1 is 1.36 bits per heavy atom. The van der Waals surface area contributed by atoms with Gasteiger partial charge in [-0.25, -0.2) is 4.98 Å². The molecule has 120 valence electrons. The van der Waals surface area contributed by atoms with Crippen LogP contribution in [-0.2, 0) is 13.1 Å². The first-order valence-corrected chi connectivity index (χ1v) is 8.13. The number of likely N-dealkylation sites (tertiary alicyclic amines) is 1. The lowest BCUT2D eigenvalue weighted by Gasteiger charge is -2.33. The van der Waals surface area contributed by atoms with Crippen molar-refractivity contribution in [2.75, 3.05) is 26.7 Å². The van der Waals surface area contributed by atoms with E-state index in [1.54, 1.807) is 0 Å². The highest BCUT2D eigenvalue weighted by Crippen LogP contribution is 2.20. The zero-order valence-electron chi connectivity index (χ0n) is 13.6. The molecule has 1 aliphatic rings. The van der Waals surface area contributed by atoms with Crippen molar-refractivity contribution in [1.82, 2.24) is 19.8 Å². The molecule has 5 nitrogen and oxygen atoms in total. The smallest absolute Gasteiger partial charge is 0.120 e. The van der Waals surface area contributed by atoms with Crippen LogP contribution in [0.15, 0.2) is 28.9 Å². The van der Waals surface area contributed by atoms with E-state index in [-0.39, 0.29) is 0 Å². The molecule has 1 aliphatic heterocycles. The second-order valence-corrected chi connectivity index (χ2v) is 6.46. The summed E-state index contributed by atoms with van der Waals surface area (Å²) in [7, 11) is 2.18. The third-order valence-electron chi connectivity index (χ3n) is 4.43. The van der Waals surface area contributed by atoms with E-state index in [0.29, 0.717) is 0 Å².